The number of nitrogens with one attached hydrogen (secondary N) is 4. The topological polar surface area (TPSA) is 249 Å². The van der Waals surface area contributed by atoms with Crippen molar-refractivity contribution in [3.8, 4) is 0 Å². The lowest BCUT2D eigenvalue weighted by Crippen LogP contribution is -2.54. The number of primary amides is 2. The van der Waals surface area contributed by atoms with Gasteiger partial charge < -0.3 is 37.5 Å². The van der Waals surface area contributed by atoms with Crippen LogP contribution in [0, 0.1) is 0 Å². The van der Waals surface area contributed by atoms with Crippen LogP contribution in [-0.4, -0.2) is 76.8 Å². The number of anilines is 1. The van der Waals surface area contributed by atoms with Gasteiger partial charge in [-0.1, -0.05) is 24.8 Å². The number of carbonyl (C=O) groups is 8. The van der Waals surface area contributed by atoms with Gasteiger partial charge in [0.2, 0.25) is 23.6 Å². The lowest BCUT2D eigenvalue weighted by Gasteiger charge is -2.23. The first-order chi connectivity index (χ1) is 19.8. The first-order valence-corrected chi connectivity index (χ1v) is 13.0. The molecule has 8 amide bonds. The fourth-order valence-corrected chi connectivity index (χ4v) is 3.72. The summed E-state index contributed by atoms with van der Waals surface area (Å²) in [4.78, 5) is 96.3. The Hall–Kier alpha value is -4.93. The molecule has 0 spiro atoms. The van der Waals surface area contributed by atoms with Crippen LogP contribution in [0.4, 0.5) is 15.3 Å². The molecule has 0 fully saturated rings. The molecule has 1 aliphatic rings. The van der Waals surface area contributed by atoms with E-state index < -0.39 is 65.3 Å². The molecule has 1 aromatic rings. The molecule has 0 aromatic heterocycles. The van der Waals surface area contributed by atoms with Crippen molar-refractivity contribution in [3.63, 3.8) is 0 Å². The molecule has 0 unspecified atom stereocenters. The van der Waals surface area contributed by atoms with E-state index in [1.165, 1.54) is 12.1 Å². The monoisotopic (exact) mass is 605 g/mol. The van der Waals surface area contributed by atoms with Crippen molar-refractivity contribution in [2.24, 2.45) is 11.5 Å². The largest absolute Gasteiger partial charge is 0.453 e. The van der Waals surface area contributed by atoms with Crippen molar-refractivity contribution >= 4 is 65.1 Å². The summed E-state index contributed by atoms with van der Waals surface area (Å²) in [6.45, 7) is -0.191. The second kappa shape index (κ2) is 16.4. The van der Waals surface area contributed by atoms with Crippen LogP contribution in [0.15, 0.2) is 36.4 Å². The number of ether oxygens (including phenoxy) is 1. The summed E-state index contributed by atoms with van der Waals surface area (Å²) in [5.41, 5.74) is 11.3. The number of urea groups is 1. The van der Waals surface area contributed by atoms with Crippen molar-refractivity contribution < 1.29 is 43.1 Å². The van der Waals surface area contributed by atoms with Crippen molar-refractivity contribution in [3.05, 3.63) is 42.0 Å². The van der Waals surface area contributed by atoms with Crippen LogP contribution in [0.5, 0.6) is 0 Å². The molecule has 226 valence electrons. The average Bonchev–Trinajstić information content (AvgIpc) is 3.24. The van der Waals surface area contributed by atoms with E-state index in [2.05, 4.69) is 33.9 Å². The molecular formula is C25H31N7O9S. The molecule has 0 saturated carbocycles. The summed E-state index contributed by atoms with van der Waals surface area (Å²) < 4.78 is 4.78. The fraction of sp³-hybridized carbons (Fsp3) is 0.360. The Labute approximate surface area is 245 Å². The lowest BCUT2D eigenvalue weighted by molar-refractivity contribution is -0.137. The number of amides is 8. The molecule has 0 bridgehead atoms. The van der Waals surface area contributed by atoms with E-state index in [9.17, 15) is 38.4 Å². The van der Waals surface area contributed by atoms with E-state index in [0.717, 1.165) is 17.1 Å². The molecule has 1 aromatic carbocycles. The maximum absolute atomic E-state index is 13.1. The van der Waals surface area contributed by atoms with Gasteiger partial charge in [-0.15, -0.1) is 0 Å². The molecule has 0 radical (unpaired) electrons. The summed E-state index contributed by atoms with van der Waals surface area (Å²) in [7, 11) is 0. The molecule has 8 N–H and O–H groups in total. The highest BCUT2D eigenvalue weighted by Gasteiger charge is 2.29. The number of hydrogen-bond acceptors (Lipinski definition) is 9. The maximum atomic E-state index is 13.1. The Morgan fingerprint density at radius 3 is 2.12 bits per heavy atom. The number of nitrogens with two attached hydrogens (primary N) is 2. The minimum atomic E-state index is -1.47. The van der Waals surface area contributed by atoms with Gasteiger partial charge in [-0.2, -0.15) is 0 Å². The van der Waals surface area contributed by atoms with Gasteiger partial charge in [-0.25, -0.2) is 9.59 Å². The molecule has 1 aliphatic heterocycles. The molecule has 42 heavy (non-hydrogen) atoms. The molecule has 17 heteroatoms. The Morgan fingerprint density at radius 1 is 0.905 bits per heavy atom. The van der Waals surface area contributed by atoms with E-state index in [1.807, 2.05) is 0 Å². The predicted octanol–water partition coefficient (Wildman–Crippen LogP) is -1.20. The van der Waals surface area contributed by atoms with Crippen molar-refractivity contribution in [2.45, 2.75) is 44.4 Å². The lowest BCUT2D eigenvalue weighted by atomic mass is 10.1. The average molecular weight is 606 g/mol. The van der Waals surface area contributed by atoms with Crippen LogP contribution < -0.4 is 32.7 Å². The smallest absolute Gasteiger partial charge is 0.364 e. The second-order valence-corrected chi connectivity index (χ2v) is 9.30. The third-order valence-electron chi connectivity index (χ3n) is 5.71. The Balaban J connectivity index is 2.07. The van der Waals surface area contributed by atoms with E-state index in [-0.39, 0.29) is 39.0 Å². The van der Waals surface area contributed by atoms with E-state index in [4.69, 9.17) is 16.2 Å². The number of benzene rings is 1. The van der Waals surface area contributed by atoms with E-state index in [1.54, 1.807) is 12.1 Å². The van der Waals surface area contributed by atoms with Gasteiger partial charge >= 0.3 is 11.3 Å². The fourth-order valence-electron chi connectivity index (χ4n) is 3.66. The quantitative estimate of drug-likeness (QED) is 0.0516. The zero-order valence-electron chi connectivity index (χ0n) is 22.3. The summed E-state index contributed by atoms with van der Waals surface area (Å²) >= 11 is 3.52. The molecule has 0 saturated heterocycles. The molecule has 16 nitrogen and oxygen atoms in total. The van der Waals surface area contributed by atoms with Crippen molar-refractivity contribution in [2.75, 3.05) is 18.4 Å². The normalized spacial score (nSPS) is 13.6. The van der Waals surface area contributed by atoms with Crippen LogP contribution in [-0.2, 0) is 40.1 Å². The van der Waals surface area contributed by atoms with Gasteiger partial charge in [0.05, 0.1) is 6.42 Å². The summed E-state index contributed by atoms with van der Waals surface area (Å²) in [5.74, 6) is -4.40. The summed E-state index contributed by atoms with van der Waals surface area (Å²) in [6.07, 6.45) is 1.40. The number of thiol groups is 1. The van der Waals surface area contributed by atoms with Crippen molar-refractivity contribution in [1.29, 1.82) is 0 Å². The summed E-state index contributed by atoms with van der Waals surface area (Å²) in [6, 6.07) is 2.83. The zero-order valence-corrected chi connectivity index (χ0v) is 23.2. The molecule has 0 aliphatic carbocycles. The first-order valence-electron chi connectivity index (χ1n) is 12.6. The van der Waals surface area contributed by atoms with E-state index >= 15 is 0 Å². The Kier molecular flexibility index (Phi) is 13.0. The van der Waals surface area contributed by atoms with Crippen LogP contribution in [0.3, 0.4) is 0 Å². The minimum Gasteiger partial charge on any atom is -0.453 e. The van der Waals surface area contributed by atoms with Gasteiger partial charge in [0.15, 0.2) is 0 Å². The second-order valence-electron chi connectivity index (χ2n) is 8.94. The van der Waals surface area contributed by atoms with Crippen molar-refractivity contribution in [1.82, 2.24) is 20.9 Å². The Bertz CT molecular complexity index is 1240. The third-order valence-corrected chi connectivity index (χ3v) is 5.83. The van der Waals surface area contributed by atoms with Gasteiger partial charge in [0, 0.05) is 37.3 Å². The predicted molar refractivity (Wildman–Crippen MR) is 149 cm³/mol. The number of rotatable bonds is 16. The number of carbonyl (C=O) groups excluding carboxylic acids is 8. The van der Waals surface area contributed by atoms with Gasteiger partial charge in [0.25, 0.3) is 11.8 Å². The first kappa shape index (κ1) is 33.3. The highest BCUT2D eigenvalue weighted by molar-refractivity contribution is 7.96. The van der Waals surface area contributed by atoms with Crippen LogP contribution in [0.1, 0.15) is 31.2 Å². The minimum absolute atomic E-state index is 0.0251. The van der Waals surface area contributed by atoms with Crippen LogP contribution >= 0.6 is 12.6 Å². The van der Waals surface area contributed by atoms with E-state index in [0.29, 0.717) is 11.3 Å². The number of hydrogen-bond donors (Lipinski definition) is 7. The number of nitrogens with zero attached hydrogens (tertiary/aromatic N) is 1. The molecule has 1 heterocycles. The highest BCUT2D eigenvalue weighted by atomic mass is 32.1. The van der Waals surface area contributed by atoms with Crippen LogP contribution in [0.25, 0.3) is 0 Å². The molecule has 2 atom stereocenters. The Morgan fingerprint density at radius 2 is 1.55 bits per heavy atom. The van der Waals surface area contributed by atoms with Crippen LogP contribution in [0.2, 0.25) is 0 Å². The summed E-state index contributed by atoms with van der Waals surface area (Å²) in [5, 5.41) is 9.05. The SMILES string of the molecule is NC(=O)C[C@H](NC(=O)CCN1C(=O)C=CC1=O)C(=O)N[C@@H](CCCNC(N)=O)C(=O)Nc1ccc(COC(=O)S)cc1. The van der Waals surface area contributed by atoms with Gasteiger partial charge in [-0.05, 0) is 30.5 Å². The molecular weight excluding hydrogens is 574 g/mol. The highest BCUT2D eigenvalue weighted by Crippen LogP contribution is 2.13. The van der Waals surface area contributed by atoms with Gasteiger partial charge in [-0.3, -0.25) is 33.7 Å². The van der Waals surface area contributed by atoms with Gasteiger partial charge in [0.1, 0.15) is 18.7 Å². The third kappa shape index (κ3) is 11.7. The number of imide groups is 1. The maximum Gasteiger partial charge on any atom is 0.364 e. The standard InChI is InChI=1S/C25H31N7O9S/c26-18(33)12-17(30-19(34)9-11-32-20(35)7-8-21(32)36)23(38)31-16(2-1-10-28-24(27)39)22(37)29-15-5-3-14(4-6-15)13-41-25(40)42/h3-8,16-17H,1-2,9-13H2,(H2,26,33)(H,29,37)(H,30,34)(H,31,38)(H,40,42)(H3,27,28,39)/t16-,17-/m0/s1. The molecule has 2 rings (SSSR count). The zero-order chi connectivity index (χ0) is 31.2.